The smallest absolute Gasteiger partial charge is 0.286 e. The number of carbonyl (C=O) groups is 2. The normalized spacial score (nSPS) is 15.0. The number of allylic oxidation sites excluding steroid dienone is 1. The molecule has 7 heteroatoms. The molecule has 1 aliphatic carbocycles. The molecular weight excluding hydrogens is 294 g/mol. The molecule has 0 saturated carbocycles. The fourth-order valence-electron chi connectivity index (χ4n) is 2.30. The Morgan fingerprint density at radius 1 is 0.952 bits per heavy atom. The summed E-state index contributed by atoms with van der Waals surface area (Å²) in [5.74, 6) is 1.25. The van der Waals surface area contributed by atoms with Crippen LogP contribution < -0.4 is 5.90 Å². The van der Waals surface area contributed by atoms with E-state index in [0.717, 1.165) is 16.8 Å². The maximum atomic E-state index is 12.0. The van der Waals surface area contributed by atoms with Gasteiger partial charge in [0, 0.05) is 17.2 Å². The minimum absolute atomic E-state index is 0.0526. The molecule has 0 bridgehead atoms. The van der Waals surface area contributed by atoms with Crippen LogP contribution in [0.4, 0.5) is 0 Å². The molecule has 0 atom stereocenters. The van der Waals surface area contributed by atoms with Gasteiger partial charge in [-0.3, -0.25) is 9.59 Å². The summed E-state index contributed by atoms with van der Waals surface area (Å²) in [6.07, 6.45) is 0.778. The van der Waals surface area contributed by atoms with E-state index in [0.29, 0.717) is 0 Å². The third kappa shape index (κ3) is 2.07. The van der Waals surface area contributed by atoms with E-state index in [1.54, 1.807) is 30.3 Å². The van der Waals surface area contributed by atoms with E-state index in [-0.39, 0.29) is 16.0 Å². The van der Waals surface area contributed by atoms with E-state index in [2.05, 4.69) is 10.2 Å². The van der Waals surface area contributed by atoms with Gasteiger partial charge in [0.15, 0.2) is 0 Å². The van der Waals surface area contributed by atoms with Crippen molar-refractivity contribution in [3.05, 3.63) is 53.6 Å². The topological polar surface area (TPSA) is 105 Å². The van der Waals surface area contributed by atoms with Crippen LogP contribution in [0.1, 0.15) is 15.9 Å². The van der Waals surface area contributed by atoms with Gasteiger partial charge in [0.05, 0.1) is 0 Å². The number of benzene rings is 2. The van der Waals surface area contributed by atoms with Crippen molar-refractivity contribution in [2.75, 3.05) is 0 Å². The Bertz CT molecular complexity index is 928. The average Bonchev–Trinajstić information content (AvgIpc) is 2.49. The Hall–Kier alpha value is -2.35. The molecule has 6 nitrogen and oxygen atoms in total. The first-order valence-corrected chi connectivity index (χ1v) is 7.37. The molecule has 0 spiro atoms. The van der Waals surface area contributed by atoms with Crippen LogP contribution in [-0.4, -0.2) is 20.0 Å². The first-order chi connectivity index (χ1) is 9.94. The highest BCUT2D eigenvalue weighted by molar-refractivity contribution is 7.96. The molecule has 21 heavy (non-hydrogen) atoms. The molecule has 1 aliphatic rings. The lowest BCUT2D eigenvalue weighted by Crippen LogP contribution is -2.51. The number of hydrogen-bond acceptors (Lipinski definition) is 5. The second kappa shape index (κ2) is 4.59. The molecule has 2 aromatic rings. The van der Waals surface area contributed by atoms with Crippen molar-refractivity contribution in [3.8, 4) is 0 Å². The Kier molecular flexibility index (Phi) is 2.98. The predicted octanol–water partition coefficient (Wildman–Crippen LogP) is 0.449. The minimum Gasteiger partial charge on any atom is -0.286 e. The van der Waals surface area contributed by atoms with Gasteiger partial charge in [0.1, 0.15) is 4.91 Å². The van der Waals surface area contributed by atoms with Crippen LogP contribution in [0.5, 0.6) is 0 Å². The lowest BCUT2D eigenvalue weighted by molar-refractivity contribution is -0.634. The van der Waals surface area contributed by atoms with Crippen molar-refractivity contribution in [1.82, 2.24) is 0 Å². The zero-order valence-corrected chi connectivity index (χ0v) is 11.5. The molecule has 3 N–H and O–H groups in total. The molecule has 106 valence electrons. The van der Waals surface area contributed by atoms with Gasteiger partial charge < -0.3 is 0 Å². The van der Waals surface area contributed by atoms with E-state index in [1.165, 1.54) is 6.07 Å². The van der Waals surface area contributed by atoms with Crippen LogP contribution >= 0.6 is 0 Å². The number of fused-ring (bicyclic) bond motifs is 2. The van der Waals surface area contributed by atoms with Crippen molar-refractivity contribution in [2.45, 2.75) is 0 Å². The Balaban J connectivity index is 2.39. The van der Waals surface area contributed by atoms with E-state index >= 15 is 0 Å². The molecule has 0 aromatic heterocycles. The lowest BCUT2D eigenvalue weighted by Gasteiger charge is -2.15. The number of ketones is 2. The summed E-state index contributed by atoms with van der Waals surface area (Å²) in [4.78, 5) is 23.3. The standard InChI is InChI=1S/C14H10NO5S/c15-20-21(18,19)13-7-12(16)14(17)11-6-9-4-2-1-3-8(9)5-10(11)13/h1-7H,15H3/q+1. The van der Waals surface area contributed by atoms with Gasteiger partial charge in [0.25, 0.3) is 0 Å². The fraction of sp³-hybridized carbons (Fsp3) is 0. The zero-order valence-electron chi connectivity index (χ0n) is 10.7. The van der Waals surface area contributed by atoms with Crippen LogP contribution in [0.2, 0.25) is 0 Å². The Morgan fingerprint density at radius 3 is 2.10 bits per heavy atom. The van der Waals surface area contributed by atoms with Gasteiger partial charge in [0.2, 0.25) is 11.6 Å². The third-order valence-corrected chi connectivity index (χ3v) is 4.49. The number of carbonyl (C=O) groups excluding carboxylic acids is 2. The Morgan fingerprint density at radius 2 is 1.52 bits per heavy atom. The van der Waals surface area contributed by atoms with E-state index < -0.39 is 21.7 Å². The van der Waals surface area contributed by atoms with Crippen LogP contribution in [0, 0.1) is 0 Å². The summed E-state index contributed by atoms with van der Waals surface area (Å²) in [7, 11) is -4.18. The molecule has 0 aliphatic heterocycles. The quantitative estimate of drug-likeness (QED) is 0.640. The lowest BCUT2D eigenvalue weighted by atomic mass is 9.92. The first kappa shape index (κ1) is 13.6. The van der Waals surface area contributed by atoms with Gasteiger partial charge in [-0.15, -0.1) is 0 Å². The molecule has 0 fully saturated rings. The molecule has 0 radical (unpaired) electrons. The molecule has 0 saturated heterocycles. The molecule has 2 aromatic carbocycles. The maximum absolute atomic E-state index is 12.0. The first-order valence-electron chi connectivity index (χ1n) is 5.96. The number of Topliss-reactive ketones (excluding diaryl/α,β-unsaturated/α-hetero) is 1. The van der Waals surface area contributed by atoms with Gasteiger partial charge in [-0.05, 0) is 22.9 Å². The van der Waals surface area contributed by atoms with E-state index in [4.69, 9.17) is 0 Å². The van der Waals surface area contributed by atoms with Gasteiger partial charge >= 0.3 is 10.1 Å². The van der Waals surface area contributed by atoms with Crippen LogP contribution in [0.25, 0.3) is 15.7 Å². The molecule has 0 unspecified atom stereocenters. The minimum atomic E-state index is -4.18. The summed E-state index contributed by atoms with van der Waals surface area (Å²) < 4.78 is 28.0. The summed E-state index contributed by atoms with van der Waals surface area (Å²) >= 11 is 0. The highest BCUT2D eigenvalue weighted by Crippen LogP contribution is 2.32. The second-order valence-electron chi connectivity index (χ2n) is 4.52. The van der Waals surface area contributed by atoms with Crippen molar-refractivity contribution in [3.63, 3.8) is 0 Å². The van der Waals surface area contributed by atoms with Crippen LogP contribution in [0.15, 0.2) is 42.5 Å². The summed E-state index contributed by atoms with van der Waals surface area (Å²) in [5, 5.41) is 1.50. The van der Waals surface area contributed by atoms with E-state index in [1.807, 2.05) is 0 Å². The second-order valence-corrected chi connectivity index (χ2v) is 6.10. The van der Waals surface area contributed by atoms with Gasteiger partial charge in [-0.1, -0.05) is 28.5 Å². The molecular formula is C14H10NO5S+. The Labute approximate surface area is 119 Å². The molecule has 3 rings (SSSR count). The number of rotatable bonds is 2. The van der Waals surface area contributed by atoms with E-state index in [9.17, 15) is 18.0 Å². The highest BCUT2D eigenvalue weighted by atomic mass is 32.2. The summed E-state index contributed by atoms with van der Waals surface area (Å²) in [6.45, 7) is 0. The van der Waals surface area contributed by atoms with Crippen molar-refractivity contribution in [2.24, 2.45) is 0 Å². The van der Waals surface area contributed by atoms with Crippen LogP contribution in [0.3, 0.4) is 0 Å². The largest absolute Gasteiger partial charge is 0.343 e. The summed E-state index contributed by atoms with van der Waals surface area (Å²) in [5.41, 5.74) is 0.207. The zero-order chi connectivity index (χ0) is 15.2. The molecule has 0 amide bonds. The number of hydrogen-bond donors (Lipinski definition) is 1. The van der Waals surface area contributed by atoms with Gasteiger partial charge in [-0.2, -0.15) is 14.3 Å². The van der Waals surface area contributed by atoms with Crippen molar-refractivity contribution >= 4 is 37.4 Å². The number of quaternary nitrogens is 1. The monoisotopic (exact) mass is 304 g/mol. The highest BCUT2D eigenvalue weighted by Gasteiger charge is 2.33. The fourth-order valence-corrected chi connectivity index (χ4v) is 3.11. The third-order valence-electron chi connectivity index (χ3n) is 3.31. The predicted molar refractivity (Wildman–Crippen MR) is 74.2 cm³/mol. The van der Waals surface area contributed by atoms with Crippen molar-refractivity contribution < 1.29 is 28.2 Å². The van der Waals surface area contributed by atoms with Crippen LogP contribution in [-0.2, 0) is 19.2 Å². The maximum Gasteiger partial charge on any atom is 0.343 e. The molecule has 0 heterocycles. The SMILES string of the molecule is [NH3+]OS(=O)(=O)C1=CC(=O)C(=O)c2cc3ccccc3cc21. The summed E-state index contributed by atoms with van der Waals surface area (Å²) in [6, 6.07) is 10.2. The van der Waals surface area contributed by atoms with Crippen molar-refractivity contribution in [1.29, 1.82) is 0 Å². The average molecular weight is 304 g/mol. The van der Waals surface area contributed by atoms with Gasteiger partial charge in [-0.25, -0.2) is 0 Å².